The third kappa shape index (κ3) is 5.15. The highest BCUT2D eigenvalue weighted by atomic mass is 16.5. The van der Waals surface area contributed by atoms with E-state index in [0.29, 0.717) is 23.3 Å². The van der Waals surface area contributed by atoms with Gasteiger partial charge < -0.3 is 14.6 Å². The van der Waals surface area contributed by atoms with Crippen molar-refractivity contribution in [2.45, 2.75) is 46.7 Å². The summed E-state index contributed by atoms with van der Waals surface area (Å²) >= 11 is 0. The number of imide groups is 1. The minimum Gasteiger partial charge on any atom is -0.452 e. The Balaban J connectivity index is 2.07. The van der Waals surface area contributed by atoms with Crippen LogP contribution in [0.5, 0.6) is 0 Å². The van der Waals surface area contributed by atoms with Gasteiger partial charge in [0, 0.05) is 12.1 Å². The number of hydrogen-bond acceptors (Lipinski definition) is 6. The molecule has 0 spiro atoms. The number of esters is 1. The molecule has 0 aliphatic carbocycles. The second-order valence-electron chi connectivity index (χ2n) is 7.28. The number of rotatable bonds is 4. The summed E-state index contributed by atoms with van der Waals surface area (Å²) in [4.78, 5) is 51.9. The van der Waals surface area contributed by atoms with Crippen molar-refractivity contribution in [3.63, 3.8) is 0 Å². The molecule has 0 aliphatic heterocycles. The van der Waals surface area contributed by atoms with E-state index in [0.717, 1.165) is 0 Å². The monoisotopic (exact) mass is 388 g/mol. The molecule has 2 N–H and O–H groups in total. The van der Waals surface area contributed by atoms with Gasteiger partial charge >= 0.3 is 12.0 Å². The molecule has 0 fully saturated rings. The predicted octanol–water partition coefficient (Wildman–Crippen LogP) is 1.51. The van der Waals surface area contributed by atoms with Gasteiger partial charge in [-0.15, -0.1) is 0 Å². The van der Waals surface area contributed by atoms with Crippen molar-refractivity contribution in [3.05, 3.63) is 39.8 Å². The molecule has 1 aromatic carbocycles. The van der Waals surface area contributed by atoms with E-state index in [4.69, 9.17) is 4.74 Å². The number of amides is 3. The first-order valence-electron chi connectivity index (χ1n) is 8.82. The van der Waals surface area contributed by atoms with E-state index in [1.54, 1.807) is 38.3 Å². The Morgan fingerprint density at radius 3 is 2.50 bits per heavy atom. The summed E-state index contributed by atoms with van der Waals surface area (Å²) in [7, 11) is 0. The molecule has 28 heavy (non-hydrogen) atoms. The molecule has 2 rings (SSSR count). The van der Waals surface area contributed by atoms with Crippen molar-refractivity contribution in [1.29, 1.82) is 0 Å². The standard InChI is InChI=1S/C19H24N4O5/c1-6-23-14-8-7-12(9-13(14)20-11(2)16(23)25)17(26)28-10-15(24)21-18(27)22-19(3,4)5/h7-9H,6,10H2,1-5H3,(H2,21,22,24,27). The lowest BCUT2D eigenvalue weighted by molar-refractivity contribution is -0.123. The quantitative estimate of drug-likeness (QED) is 0.766. The summed E-state index contributed by atoms with van der Waals surface area (Å²) in [6, 6.07) is 3.94. The largest absolute Gasteiger partial charge is 0.452 e. The van der Waals surface area contributed by atoms with E-state index in [9.17, 15) is 19.2 Å². The average Bonchev–Trinajstić information content (AvgIpc) is 2.58. The molecule has 0 saturated carbocycles. The molecule has 2 aromatic rings. The number of aryl methyl sites for hydroxylation is 2. The number of urea groups is 1. The number of carbonyl (C=O) groups is 3. The Morgan fingerprint density at radius 1 is 1.21 bits per heavy atom. The Hall–Kier alpha value is -3.23. The lowest BCUT2D eigenvalue weighted by Gasteiger charge is -2.20. The predicted molar refractivity (Wildman–Crippen MR) is 103 cm³/mol. The number of nitrogens with one attached hydrogen (secondary N) is 2. The molecule has 0 saturated heterocycles. The second kappa shape index (κ2) is 8.20. The van der Waals surface area contributed by atoms with Gasteiger partial charge in [-0.25, -0.2) is 14.6 Å². The summed E-state index contributed by atoms with van der Waals surface area (Å²) in [6.45, 7) is 8.62. The van der Waals surface area contributed by atoms with Gasteiger partial charge in [0.1, 0.15) is 5.69 Å². The highest BCUT2D eigenvalue weighted by Gasteiger charge is 2.17. The summed E-state index contributed by atoms with van der Waals surface area (Å²) in [6.07, 6.45) is 0. The number of nitrogens with zero attached hydrogens (tertiary/aromatic N) is 2. The zero-order valence-electron chi connectivity index (χ0n) is 16.6. The number of benzene rings is 1. The Morgan fingerprint density at radius 2 is 1.89 bits per heavy atom. The zero-order valence-corrected chi connectivity index (χ0v) is 16.6. The van der Waals surface area contributed by atoms with Gasteiger partial charge in [-0.2, -0.15) is 0 Å². The molecule has 0 atom stereocenters. The molecule has 9 nitrogen and oxygen atoms in total. The van der Waals surface area contributed by atoms with Crippen molar-refractivity contribution in [1.82, 2.24) is 20.2 Å². The molecule has 150 valence electrons. The van der Waals surface area contributed by atoms with E-state index in [1.807, 2.05) is 6.92 Å². The van der Waals surface area contributed by atoms with E-state index < -0.39 is 30.1 Å². The Kier molecular flexibility index (Phi) is 6.17. The third-order valence-electron chi connectivity index (χ3n) is 3.74. The molecule has 1 heterocycles. The molecule has 9 heteroatoms. The van der Waals surface area contributed by atoms with Gasteiger partial charge in [-0.1, -0.05) is 0 Å². The molecule has 3 amide bonds. The number of aromatic nitrogens is 2. The fourth-order valence-electron chi connectivity index (χ4n) is 2.56. The van der Waals surface area contributed by atoms with Gasteiger partial charge in [-0.05, 0) is 52.8 Å². The summed E-state index contributed by atoms with van der Waals surface area (Å²) < 4.78 is 6.52. The topological polar surface area (TPSA) is 119 Å². The van der Waals surface area contributed by atoms with Crippen LogP contribution in [0, 0.1) is 6.92 Å². The molecule has 0 aliphatic rings. The van der Waals surface area contributed by atoms with Crippen LogP contribution in [0.15, 0.2) is 23.0 Å². The van der Waals surface area contributed by atoms with Crippen LogP contribution in [0.2, 0.25) is 0 Å². The smallest absolute Gasteiger partial charge is 0.338 e. The summed E-state index contributed by atoms with van der Waals surface area (Å²) in [5.74, 6) is -1.48. The highest BCUT2D eigenvalue weighted by Crippen LogP contribution is 2.14. The molecule has 0 bridgehead atoms. The highest BCUT2D eigenvalue weighted by molar-refractivity contribution is 5.98. The molecule has 0 radical (unpaired) electrons. The Labute approximate surface area is 162 Å². The van der Waals surface area contributed by atoms with E-state index in [-0.39, 0.29) is 11.1 Å². The maximum absolute atomic E-state index is 12.2. The van der Waals surface area contributed by atoms with Gasteiger partial charge in [0.05, 0.1) is 16.6 Å². The molecule has 1 aromatic heterocycles. The fraction of sp³-hybridized carbons (Fsp3) is 0.421. The van der Waals surface area contributed by atoms with Gasteiger partial charge in [0.15, 0.2) is 6.61 Å². The van der Waals surface area contributed by atoms with Crippen LogP contribution in [0.25, 0.3) is 11.0 Å². The first-order chi connectivity index (χ1) is 13.0. The molecular formula is C19H24N4O5. The van der Waals surface area contributed by atoms with Crippen LogP contribution in [0.3, 0.4) is 0 Å². The van der Waals surface area contributed by atoms with Crippen LogP contribution in [-0.4, -0.2) is 39.6 Å². The third-order valence-corrected chi connectivity index (χ3v) is 3.74. The van der Waals surface area contributed by atoms with Crippen LogP contribution in [-0.2, 0) is 16.1 Å². The van der Waals surface area contributed by atoms with Crippen molar-refractivity contribution in [2.24, 2.45) is 0 Å². The average molecular weight is 388 g/mol. The van der Waals surface area contributed by atoms with Crippen molar-refractivity contribution < 1.29 is 19.1 Å². The van der Waals surface area contributed by atoms with Gasteiger partial charge in [-0.3, -0.25) is 14.9 Å². The number of ether oxygens (including phenoxy) is 1. The van der Waals surface area contributed by atoms with Crippen LogP contribution < -0.4 is 16.2 Å². The molecule has 0 unspecified atom stereocenters. The number of fused-ring (bicyclic) bond motifs is 1. The minimum atomic E-state index is -0.746. The van der Waals surface area contributed by atoms with E-state index in [1.165, 1.54) is 12.1 Å². The zero-order chi connectivity index (χ0) is 21.1. The normalized spacial score (nSPS) is 11.2. The van der Waals surface area contributed by atoms with Crippen molar-refractivity contribution in [2.75, 3.05) is 6.61 Å². The van der Waals surface area contributed by atoms with Crippen LogP contribution >= 0.6 is 0 Å². The van der Waals surface area contributed by atoms with Crippen LogP contribution in [0.4, 0.5) is 4.79 Å². The minimum absolute atomic E-state index is 0.185. The van der Waals surface area contributed by atoms with Crippen molar-refractivity contribution in [3.8, 4) is 0 Å². The van der Waals surface area contributed by atoms with E-state index in [2.05, 4.69) is 15.6 Å². The Bertz CT molecular complexity index is 988. The fourth-order valence-corrected chi connectivity index (χ4v) is 2.56. The summed E-state index contributed by atoms with van der Waals surface area (Å²) in [5.41, 5.74) is 0.900. The van der Waals surface area contributed by atoms with E-state index >= 15 is 0 Å². The van der Waals surface area contributed by atoms with Gasteiger partial charge in [0.2, 0.25) is 0 Å². The first kappa shape index (κ1) is 21.1. The maximum Gasteiger partial charge on any atom is 0.338 e. The lowest BCUT2D eigenvalue weighted by atomic mass is 10.1. The lowest BCUT2D eigenvalue weighted by Crippen LogP contribution is -2.49. The number of carbonyl (C=O) groups excluding carboxylic acids is 3. The summed E-state index contributed by atoms with van der Waals surface area (Å²) in [5, 5.41) is 4.65. The maximum atomic E-state index is 12.2. The second-order valence-corrected chi connectivity index (χ2v) is 7.28. The first-order valence-corrected chi connectivity index (χ1v) is 8.82. The van der Waals surface area contributed by atoms with Crippen molar-refractivity contribution >= 4 is 28.9 Å². The van der Waals surface area contributed by atoms with Crippen LogP contribution in [0.1, 0.15) is 43.7 Å². The SMILES string of the molecule is CCn1c(=O)c(C)nc2cc(C(=O)OCC(=O)NC(=O)NC(C)(C)C)ccc21. The van der Waals surface area contributed by atoms with Gasteiger partial charge in [0.25, 0.3) is 11.5 Å². The number of hydrogen-bond donors (Lipinski definition) is 2. The molecular weight excluding hydrogens is 364 g/mol.